The third-order valence-corrected chi connectivity index (χ3v) is 2.65. The van der Waals surface area contributed by atoms with Crippen LogP contribution in [0.5, 0.6) is 0 Å². The molecule has 1 nitrogen and oxygen atoms in total. The maximum Gasteiger partial charge on any atom is 0.416 e. The fourth-order valence-electron chi connectivity index (χ4n) is 1.61. The number of halogens is 6. The smallest absolute Gasteiger partial charge is 0.292 e. The molecule has 0 aliphatic carbocycles. The van der Waals surface area contributed by atoms with E-state index in [-0.39, 0.29) is 19.0 Å². The highest BCUT2D eigenvalue weighted by molar-refractivity contribution is 6.18. The van der Waals surface area contributed by atoms with Gasteiger partial charge in [-0.1, -0.05) is 12.1 Å². The molecule has 1 aromatic rings. The van der Waals surface area contributed by atoms with Crippen LogP contribution in [0.1, 0.15) is 11.1 Å². The SMILES string of the molecule is FC(F)CN(CCCl)Cc1ccc(C(F)(F)F)cc1. The highest BCUT2D eigenvalue weighted by Gasteiger charge is 2.29. The number of alkyl halides is 6. The summed E-state index contributed by atoms with van der Waals surface area (Å²) in [7, 11) is 0. The van der Waals surface area contributed by atoms with Gasteiger partial charge in [0.25, 0.3) is 6.43 Å². The molecule has 0 aliphatic heterocycles. The van der Waals surface area contributed by atoms with Crippen LogP contribution in [0.25, 0.3) is 0 Å². The number of rotatable bonds is 6. The minimum atomic E-state index is -4.39. The van der Waals surface area contributed by atoms with Crippen LogP contribution in [-0.2, 0) is 12.7 Å². The zero-order valence-electron chi connectivity index (χ0n) is 9.93. The largest absolute Gasteiger partial charge is 0.416 e. The summed E-state index contributed by atoms with van der Waals surface area (Å²) in [6, 6.07) is 4.46. The first-order valence-corrected chi connectivity index (χ1v) is 6.09. The second-order valence-electron chi connectivity index (χ2n) is 4.01. The molecule has 0 unspecified atom stereocenters. The van der Waals surface area contributed by atoms with Crippen molar-refractivity contribution in [1.82, 2.24) is 4.90 Å². The third kappa shape index (κ3) is 5.74. The Kier molecular flexibility index (Phi) is 6.00. The van der Waals surface area contributed by atoms with Crippen LogP contribution in [0.4, 0.5) is 22.0 Å². The van der Waals surface area contributed by atoms with E-state index in [0.29, 0.717) is 5.56 Å². The summed E-state index contributed by atoms with van der Waals surface area (Å²) < 4.78 is 61.6. The predicted molar refractivity (Wildman–Crippen MR) is 63.4 cm³/mol. The van der Waals surface area contributed by atoms with Gasteiger partial charge in [-0.25, -0.2) is 8.78 Å². The van der Waals surface area contributed by atoms with E-state index in [0.717, 1.165) is 12.1 Å². The van der Waals surface area contributed by atoms with Gasteiger partial charge in [-0.05, 0) is 17.7 Å². The van der Waals surface area contributed by atoms with Crippen molar-refractivity contribution in [2.75, 3.05) is 19.0 Å². The molecule has 0 atom stereocenters. The molecule has 0 saturated heterocycles. The summed E-state index contributed by atoms with van der Waals surface area (Å²) >= 11 is 5.50. The molecule has 0 radical (unpaired) electrons. The van der Waals surface area contributed by atoms with E-state index in [4.69, 9.17) is 11.6 Å². The molecule has 0 bridgehead atoms. The molecule has 0 aromatic heterocycles. The van der Waals surface area contributed by atoms with E-state index < -0.39 is 24.7 Å². The molecule has 0 fully saturated rings. The lowest BCUT2D eigenvalue weighted by molar-refractivity contribution is -0.137. The zero-order valence-corrected chi connectivity index (χ0v) is 10.7. The van der Waals surface area contributed by atoms with Crippen LogP contribution >= 0.6 is 11.6 Å². The van der Waals surface area contributed by atoms with Crippen molar-refractivity contribution in [3.05, 3.63) is 35.4 Å². The van der Waals surface area contributed by atoms with Crippen LogP contribution in [0.3, 0.4) is 0 Å². The first-order valence-electron chi connectivity index (χ1n) is 5.55. The molecule has 0 saturated carbocycles. The molecular formula is C12H13ClF5N. The number of benzene rings is 1. The lowest BCUT2D eigenvalue weighted by atomic mass is 10.1. The summed E-state index contributed by atoms with van der Waals surface area (Å²) in [6.45, 7) is -0.0458. The average molecular weight is 302 g/mol. The Morgan fingerprint density at radius 1 is 1.11 bits per heavy atom. The Labute approximate surface area is 113 Å². The van der Waals surface area contributed by atoms with E-state index in [9.17, 15) is 22.0 Å². The highest BCUT2D eigenvalue weighted by Crippen LogP contribution is 2.29. The Bertz CT molecular complexity index is 377. The first-order chi connectivity index (χ1) is 8.82. The predicted octanol–water partition coefficient (Wildman–Crippen LogP) is 4.01. The van der Waals surface area contributed by atoms with Gasteiger partial charge in [0.15, 0.2) is 0 Å². The molecule has 0 aliphatic rings. The van der Waals surface area contributed by atoms with Gasteiger partial charge >= 0.3 is 6.18 Å². The van der Waals surface area contributed by atoms with Gasteiger partial charge in [0.05, 0.1) is 12.1 Å². The Hall–Kier alpha value is -0.880. The summed E-state index contributed by atoms with van der Waals surface area (Å²) in [5.41, 5.74) is -0.215. The second kappa shape index (κ2) is 7.05. The van der Waals surface area contributed by atoms with Crippen molar-refractivity contribution < 1.29 is 22.0 Å². The quantitative estimate of drug-likeness (QED) is 0.567. The van der Waals surface area contributed by atoms with Crippen molar-refractivity contribution in [2.24, 2.45) is 0 Å². The summed E-state index contributed by atoms with van der Waals surface area (Å²) in [5.74, 6) is 0.188. The zero-order chi connectivity index (χ0) is 14.5. The number of hydrogen-bond acceptors (Lipinski definition) is 1. The van der Waals surface area contributed by atoms with Crippen LogP contribution in [0.15, 0.2) is 24.3 Å². The maximum atomic E-state index is 12.3. The van der Waals surface area contributed by atoms with Gasteiger partial charge in [-0.3, -0.25) is 4.90 Å². The lowest BCUT2D eigenvalue weighted by Gasteiger charge is -2.21. The topological polar surface area (TPSA) is 3.24 Å². The van der Waals surface area contributed by atoms with Gasteiger partial charge in [0.2, 0.25) is 0 Å². The monoisotopic (exact) mass is 301 g/mol. The molecule has 108 valence electrons. The number of hydrogen-bond donors (Lipinski definition) is 0. The van der Waals surface area contributed by atoms with Crippen LogP contribution in [-0.4, -0.2) is 30.3 Å². The molecule has 0 amide bonds. The highest BCUT2D eigenvalue weighted by atomic mass is 35.5. The lowest BCUT2D eigenvalue weighted by Crippen LogP contribution is -2.30. The maximum absolute atomic E-state index is 12.3. The summed E-state index contributed by atoms with van der Waals surface area (Å²) in [6.07, 6.45) is -6.89. The molecule has 1 aromatic carbocycles. The van der Waals surface area contributed by atoms with Crippen molar-refractivity contribution in [2.45, 2.75) is 19.1 Å². The van der Waals surface area contributed by atoms with Gasteiger partial charge in [0.1, 0.15) is 0 Å². The van der Waals surface area contributed by atoms with E-state index in [1.807, 2.05) is 0 Å². The van der Waals surface area contributed by atoms with Crippen LogP contribution in [0, 0.1) is 0 Å². The Morgan fingerprint density at radius 3 is 2.11 bits per heavy atom. The molecule has 0 spiro atoms. The van der Waals surface area contributed by atoms with E-state index in [1.165, 1.54) is 17.0 Å². The molecule has 0 N–H and O–H groups in total. The summed E-state index contributed by atoms with van der Waals surface area (Å²) in [4.78, 5) is 1.40. The standard InChI is InChI=1S/C12H13ClF5N/c13-5-6-19(8-11(14)15)7-9-1-3-10(4-2-9)12(16,17)18/h1-4,11H,5-8H2. The van der Waals surface area contributed by atoms with E-state index in [1.54, 1.807) is 0 Å². The van der Waals surface area contributed by atoms with Crippen molar-refractivity contribution in [3.8, 4) is 0 Å². The molecule has 19 heavy (non-hydrogen) atoms. The fraction of sp³-hybridized carbons (Fsp3) is 0.500. The van der Waals surface area contributed by atoms with E-state index in [2.05, 4.69) is 0 Å². The van der Waals surface area contributed by atoms with Crippen molar-refractivity contribution in [3.63, 3.8) is 0 Å². The van der Waals surface area contributed by atoms with Crippen molar-refractivity contribution in [1.29, 1.82) is 0 Å². The van der Waals surface area contributed by atoms with E-state index >= 15 is 0 Å². The van der Waals surface area contributed by atoms with Crippen LogP contribution < -0.4 is 0 Å². The Morgan fingerprint density at radius 2 is 1.68 bits per heavy atom. The average Bonchev–Trinajstić information content (AvgIpc) is 2.28. The molecule has 0 heterocycles. The third-order valence-electron chi connectivity index (χ3n) is 2.48. The first kappa shape index (κ1) is 16.2. The van der Waals surface area contributed by atoms with Gasteiger partial charge in [-0.2, -0.15) is 13.2 Å². The molecular weight excluding hydrogens is 289 g/mol. The Balaban J connectivity index is 2.69. The fourth-order valence-corrected chi connectivity index (χ4v) is 1.85. The van der Waals surface area contributed by atoms with Crippen molar-refractivity contribution >= 4 is 11.6 Å². The van der Waals surface area contributed by atoms with Gasteiger partial charge in [0, 0.05) is 19.0 Å². The van der Waals surface area contributed by atoms with Gasteiger partial charge in [-0.15, -0.1) is 11.6 Å². The molecule has 1 rings (SSSR count). The van der Waals surface area contributed by atoms with Gasteiger partial charge < -0.3 is 0 Å². The second-order valence-corrected chi connectivity index (χ2v) is 4.39. The molecule has 7 heteroatoms. The summed E-state index contributed by atoms with van der Waals surface area (Å²) in [5, 5.41) is 0. The minimum Gasteiger partial charge on any atom is -0.292 e. The van der Waals surface area contributed by atoms with Crippen LogP contribution in [0.2, 0.25) is 0 Å². The number of nitrogens with zero attached hydrogens (tertiary/aromatic N) is 1. The minimum absolute atomic E-state index is 0.148. The normalized spacial score (nSPS) is 12.4.